The fourth-order valence-electron chi connectivity index (χ4n) is 0.575. The predicted molar refractivity (Wildman–Crippen MR) is 45.0 cm³/mol. The zero-order valence-corrected chi connectivity index (χ0v) is 7.48. The lowest BCUT2D eigenvalue weighted by molar-refractivity contribution is -0.122. The highest BCUT2D eigenvalue weighted by atomic mass is 16.2. The summed E-state index contributed by atoms with van der Waals surface area (Å²) < 4.78 is 0. The molecule has 0 bridgehead atoms. The van der Waals surface area contributed by atoms with Crippen LogP contribution in [-0.4, -0.2) is 38.0 Å². The molecule has 0 aliphatic rings. The standard InChI is InChI=1S/C7H17N3O/c1-4-8-9-7(11)5-6-10(2)3/h8H,4-6H2,1-3H3,(H,9,11). The first-order valence-electron chi connectivity index (χ1n) is 3.83. The summed E-state index contributed by atoms with van der Waals surface area (Å²) in [5.41, 5.74) is 5.33. The lowest BCUT2D eigenvalue weighted by Crippen LogP contribution is -2.38. The van der Waals surface area contributed by atoms with Crippen LogP contribution in [0.15, 0.2) is 0 Å². The van der Waals surface area contributed by atoms with Gasteiger partial charge < -0.3 is 4.90 Å². The highest BCUT2D eigenvalue weighted by molar-refractivity contribution is 5.75. The van der Waals surface area contributed by atoms with Crippen LogP contribution in [0.4, 0.5) is 0 Å². The van der Waals surface area contributed by atoms with E-state index in [-0.39, 0.29) is 5.91 Å². The number of hydrazine groups is 1. The van der Waals surface area contributed by atoms with Crippen LogP contribution >= 0.6 is 0 Å². The van der Waals surface area contributed by atoms with E-state index >= 15 is 0 Å². The first-order chi connectivity index (χ1) is 5.16. The average Bonchev–Trinajstić information content (AvgIpc) is 1.97. The minimum absolute atomic E-state index is 0.0422. The molecule has 2 N–H and O–H groups in total. The highest BCUT2D eigenvalue weighted by Crippen LogP contribution is 1.81. The SMILES string of the molecule is CCNNC(=O)CCN(C)C. The van der Waals surface area contributed by atoms with E-state index in [0.29, 0.717) is 6.42 Å². The quantitative estimate of drug-likeness (QED) is 0.535. The number of amides is 1. The third-order valence-corrected chi connectivity index (χ3v) is 1.19. The number of nitrogens with one attached hydrogen (secondary N) is 2. The molecular weight excluding hydrogens is 142 g/mol. The van der Waals surface area contributed by atoms with Crippen LogP contribution in [0.5, 0.6) is 0 Å². The van der Waals surface area contributed by atoms with Gasteiger partial charge in [0.2, 0.25) is 5.91 Å². The number of rotatable bonds is 5. The largest absolute Gasteiger partial charge is 0.309 e. The van der Waals surface area contributed by atoms with Crippen molar-refractivity contribution < 1.29 is 4.79 Å². The molecule has 0 fully saturated rings. The van der Waals surface area contributed by atoms with E-state index in [2.05, 4.69) is 10.9 Å². The molecule has 4 heteroatoms. The summed E-state index contributed by atoms with van der Waals surface area (Å²) in [6.45, 7) is 3.48. The molecular formula is C7H17N3O. The molecule has 66 valence electrons. The van der Waals surface area contributed by atoms with Gasteiger partial charge in [0.15, 0.2) is 0 Å². The van der Waals surface area contributed by atoms with Gasteiger partial charge in [-0.2, -0.15) is 0 Å². The van der Waals surface area contributed by atoms with Gasteiger partial charge in [-0.25, -0.2) is 5.43 Å². The number of hydrogen-bond acceptors (Lipinski definition) is 3. The van der Waals surface area contributed by atoms with Gasteiger partial charge >= 0.3 is 0 Å². The van der Waals surface area contributed by atoms with Crippen LogP contribution < -0.4 is 10.9 Å². The van der Waals surface area contributed by atoms with E-state index in [4.69, 9.17) is 0 Å². The molecule has 11 heavy (non-hydrogen) atoms. The molecule has 0 saturated carbocycles. The molecule has 0 unspecified atom stereocenters. The Morgan fingerprint density at radius 2 is 2.09 bits per heavy atom. The van der Waals surface area contributed by atoms with Crippen molar-refractivity contribution in [1.29, 1.82) is 0 Å². The molecule has 4 nitrogen and oxygen atoms in total. The van der Waals surface area contributed by atoms with Crippen molar-refractivity contribution in [2.45, 2.75) is 13.3 Å². The van der Waals surface area contributed by atoms with Gasteiger partial charge in [-0.3, -0.25) is 10.2 Å². The third kappa shape index (κ3) is 7.29. The van der Waals surface area contributed by atoms with Crippen LogP contribution in [0.2, 0.25) is 0 Å². The summed E-state index contributed by atoms with van der Waals surface area (Å²) in [4.78, 5) is 12.9. The van der Waals surface area contributed by atoms with E-state index in [1.54, 1.807) is 0 Å². The molecule has 0 heterocycles. The van der Waals surface area contributed by atoms with E-state index in [1.165, 1.54) is 0 Å². The van der Waals surface area contributed by atoms with Crippen molar-refractivity contribution in [3.8, 4) is 0 Å². The smallest absolute Gasteiger partial charge is 0.235 e. The Kier molecular flexibility index (Phi) is 5.78. The fourth-order valence-corrected chi connectivity index (χ4v) is 0.575. The van der Waals surface area contributed by atoms with Crippen LogP contribution in [0.25, 0.3) is 0 Å². The molecule has 0 saturated heterocycles. The number of carbonyl (C=O) groups excluding carboxylic acids is 1. The molecule has 0 aromatic heterocycles. The molecule has 0 aromatic rings. The normalized spacial score (nSPS) is 10.2. The van der Waals surface area contributed by atoms with Crippen molar-refractivity contribution in [2.75, 3.05) is 27.2 Å². The summed E-state index contributed by atoms with van der Waals surface area (Å²) in [5, 5.41) is 0. The van der Waals surface area contributed by atoms with E-state index in [1.807, 2.05) is 25.9 Å². The Morgan fingerprint density at radius 3 is 2.55 bits per heavy atom. The predicted octanol–water partition coefficient (Wildman–Crippen LogP) is -0.421. The second-order valence-electron chi connectivity index (χ2n) is 2.63. The molecule has 0 spiro atoms. The van der Waals surface area contributed by atoms with Gasteiger partial charge in [-0.15, -0.1) is 0 Å². The summed E-state index contributed by atoms with van der Waals surface area (Å²) >= 11 is 0. The minimum Gasteiger partial charge on any atom is -0.309 e. The Balaban J connectivity index is 3.23. The number of hydrogen-bond donors (Lipinski definition) is 2. The van der Waals surface area contributed by atoms with Crippen LogP contribution in [0, 0.1) is 0 Å². The van der Waals surface area contributed by atoms with Gasteiger partial charge in [-0.05, 0) is 14.1 Å². The van der Waals surface area contributed by atoms with Gasteiger partial charge in [0, 0.05) is 19.5 Å². The number of nitrogens with zero attached hydrogens (tertiary/aromatic N) is 1. The molecule has 0 radical (unpaired) electrons. The van der Waals surface area contributed by atoms with Gasteiger partial charge in [0.05, 0.1) is 0 Å². The molecule has 0 aliphatic heterocycles. The van der Waals surface area contributed by atoms with Crippen molar-refractivity contribution >= 4 is 5.91 Å². The average molecular weight is 159 g/mol. The zero-order valence-electron chi connectivity index (χ0n) is 7.48. The lowest BCUT2D eigenvalue weighted by atomic mass is 10.4. The van der Waals surface area contributed by atoms with E-state index < -0.39 is 0 Å². The Labute approximate surface area is 67.9 Å². The van der Waals surface area contributed by atoms with E-state index in [9.17, 15) is 4.79 Å². The maximum atomic E-state index is 10.9. The summed E-state index contributed by atoms with van der Waals surface area (Å²) in [6.07, 6.45) is 0.542. The first-order valence-corrected chi connectivity index (χ1v) is 3.83. The molecule has 1 amide bonds. The fraction of sp³-hybridized carbons (Fsp3) is 0.857. The van der Waals surface area contributed by atoms with Gasteiger partial charge in [0.25, 0.3) is 0 Å². The summed E-state index contributed by atoms with van der Waals surface area (Å²) in [5.74, 6) is 0.0422. The topological polar surface area (TPSA) is 44.4 Å². The first kappa shape index (κ1) is 10.4. The maximum Gasteiger partial charge on any atom is 0.235 e. The monoisotopic (exact) mass is 159 g/mol. The minimum atomic E-state index is 0.0422. The molecule has 0 aromatic carbocycles. The van der Waals surface area contributed by atoms with Gasteiger partial charge in [0.1, 0.15) is 0 Å². The summed E-state index contributed by atoms with van der Waals surface area (Å²) in [6, 6.07) is 0. The zero-order chi connectivity index (χ0) is 8.69. The van der Waals surface area contributed by atoms with Crippen LogP contribution in [-0.2, 0) is 4.79 Å². The van der Waals surface area contributed by atoms with Crippen LogP contribution in [0.1, 0.15) is 13.3 Å². The third-order valence-electron chi connectivity index (χ3n) is 1.19. The second kappa shape index (κ2) is 6.12. The molecule has 0 rings (SSSR count). The van der Waals surface area contributed by atoms with Gasteiger partial charge in [-0.1, -0.05) is 6.92 Å². The van der Waals surface area contributed by atoms with Crippen molar-refractivity contribution in [3.63, 3.8) is 0 Å². The highest BCUT2D eigenvalue weighted by Gasteiger charge is 1.99. The Hall–Kier alpha value is -0.610. The molecule has 0 atom stereocenters. The lowest BCUT2D eigenvalue weighted by Gasteiger charge is -2.09. The Morgan fingerprint density at radius 1 is 1.45 bits per heavy atom. The number of carbonyl (C=O) groups is 1. The van der Waals surface area contributed by atoms with Crippen LogP contribution in [0.3, 0.4) is 0 Å². The second-order valence-corrected chi connectivity index (χ2v) is 2.63. The molecule has 0 aliphatic carbocycles. The Bertz CT molecular complexity index is 114. The summed E-state index contributed by atoms with van der Waals surface area (Å²) in [7, 11) is 3.89. The van der Waals surface area contributed by atoms with E-state index in [0.717, 1.165) is 13.1 Å². The van der Waals surface area contributed by atoms with Crippen molar-refractivity contribution in [2.24, 2.45) is 0 Å². The van der Waals surface area contributed by atoms with Crippen molar-refractivity contribution in [3.05, 3.63) is 0 Å². The maximum absolute atomic E-state index is 10.9. The van der Waals surface area contributed by atoms with Crippen molar-refractivity contribution in [1.82, 2.24) is 15.8 Å².